The SMILES string of the molecule is c1ccc2c(c1)oc1c2ccc2c3ccccc3n(-c3ccc(-c4nc(-c5ccc(-n6c7ccccc7c7ccc8c9ccccc9oc8c76)cc5)nc(-c5ccc(-n6c7ccccc7c7ccc8c9ccccc9oc8c76)cc5)n4)cc3)c21. The standard InChI is InChI=1S/C75H42N6O3/c1-7-19-61-49(13-1)55-37-40-58-52-16-4-10-22-64(52)82-70(58)67(55)79(61)46-31-25-43(26-32-46)73-76-74(44-27-33-47(34-28-44)80-62-20-8-2-14-50(62)56-38-41-59-53-17-5-11-23-65(53)83-71(59)68(56)80)78-75(77-73)45-29-35-48(36-30-45)81-63-21-9-3-15-51(63)57-39-42-60-54-18-6-12-24-66(54)84-72(60)69(57)81/h1-42H. The minimum atomic E-state index is 0.556. The highest BCUT2D eigenvalue weighted by atomic mass is 16.3. The number of para-hydroxylation sites is 6. The summed E-state index contributed by atoms with van der Waals surface area (Å²) in [4.78, 5) is 15.9. The maximum Gasteiger partial charge on any atom is 0.164 e. The summed E-state index contributed by atoms with van der Waals surface area (Å²) in [6, 6.07) is 89.4. The number of aromatic nitrogens is 6. The van der Waals surface area contributed by atoms with Crippen LogP contribution in [0, 0.1) is 0 Å². The van der Waals surface area contributed by atoms with Crippen LogP contribution in [0.25, 0.3) is 182 Å². The van der Waals surface area contributed by atoms with Crippen LogP contribution >= 0.6 is 0 Å². The van der Waals surface area contributed by atoms with Gasteiger partial charge in [0.2, 0.25) is 0 Å². The Bertz CT molecular complexity index is 5380. The zero-order chi connectivity index (χ0) is 54.7. The molecule has 7 heterocycles. The fourth-order valence-corrected chi connectivity index (χ4v) is 13.5. The number of hydrogen-bond acceptors (Lipinski definition) is 6. The van der Waals surface area contributed by atoms with E-state index < -0.39 is 0 Å². The molecular weight excluding hydrogens is 1030 g/mol. The van der Waals surface area contributed by atoms with Gasteiger partial charge in [0, 0.05) is 98.4 Å². The van der Waals surface area contributed by atoms with Crippen LogP contribution in [0.5, 0.6) is 0 Å². The zero-order valence-electron chi connectivity index (χ0n) is 44.7. The largest absolute Gasteiger partial charge is 0.454 e. The molecule has 0 atom stereocenters. The van der Waals surface area contributed by atoms with Crippen LogP contribution in [0.15, 0.2) is 268 Å². The van der Waals surface area contributed by atoms with E-state index >= 15 is 0 Å². The third-order valence-corrected chi connectivity index (χ3v) is 17.3. The molecule has 84 heavy (non-hydrogen) atoms. The van der Waals surface area contributed by atoms with E-state index in [1.807, 2.05) is 36.4 Å². The molecule has 19 aromatic rings. The molecule has 0 aliphatic heterocycles. The Morgan fingerprint density at radius 3 is 0.762 bits per heavy atom. The normalized spacial score (nSPS) is 12.3. The Morgan fingerprint density at radius 2 is 0.464 bits per heavy atom. The fourth-order valence-electron chi connectivity index (χ4n) is 13.5. The highest BCUT2D eigenvalue weighted by molar-refractivity contribution is 6.24. The number of nitrogens with zero attached hydrogens (tertiary/aromatic N) is 6. The minimum absolute atomic E-state index is 0.556. The van der Waals surface area contributed by atoms with Crippen LogP contribution in [0.3, 0.4) is 0 Å². The lowest BCUT2D eigenvalue weighted by Gasteiger charge is -2.12. The highest BCUT2D eigenvalue weighted by Crippen LogP contribution is 2.44. The predicted molar refractivity (Wildman–Crippen MR) is 341 cm³/mol. The van der Waals surface area contributed by atoms with Crippen LogP contribution in [-0.4, -0.2) is 28.7 Å². The van der Waals surface area contributed by atoms with Crippen molar-refractivity contribution in [3.8, 4) is 51.2 Å². The molecule has 9 nitrogen and oxygen atoms in total. The number of hydrogen-bond donors (Lipinski definition) is 0. The molecule has 19 rings (SSSR count). The molecule has 0 bridgehead atoms. The molecule has 0 N–H and O–H groups in total. The average Bonchev–Trinajstić information content (AvgIpc) is 2.25. The quantitative estimate of drug-likeness (QED) is 0.165. The maximum absolute atomic E-state index is 6.69. The van der Waals surface area contributed by atoms with Crippen LogP contribution in [0.2, 0.25) is 0 Å². The summed E-state index contributed by atoms with van der Waals surface area (Å²) < 4.78 is 27.0. The van der Waals surface area contributed by atoms with Crippen LogP contribution in [0.1, 0.15) is 0 Å². The lowest BCUT2D eigenvalue weighted by Crippen LogP contribution is -2.01. The third-order valence-electron chi connectivity index (χ3n) is 17.3. The summed E-state index contributed by atoms with van der Waals surface area (Å²) in [7, 11) is 0. The summed E-state index contributed by atoms with van der Waals surface area (Å²) in [6.45, 7) is 0. The highest BCUT2D eigenvalue weighted by Gasteiger charge is 2.24. The molecule has 0 saturated carbocycles. The van der Waals surface area contributed by atoms with Crippen LogP contribution in [-0.2, 0) is 0 Å². The Labute approximate surface area is 476 Å². The third kappa shape index (κ3) is 6.34. The van der Waals surface area contributed by atoms with E-state index in [-0.39, 0.29) is 0 Å². The van der Waals surface area contributed by atoms with Crippen LogP contribution < -0.4 is 0 Å². The van der Waals surface area contributed by atoms with E-state index in [1.54, 1.807) is 0 Å². The van der Waals surface area contributed by atoms with Gasteiger partial charge < -0.3 is 27.0 Å². The van der Waals surface area contributed by atoms with Gasteiger partial charge in [0.05, 0.1) is 33.1 Å². The van der Waals surface area contributed by atoms with Gasteiger partial charge in [0.15, 0.2) is 34.2 Å². The summed E-state index contributed by atoms with van der Waals surface area (Å²) >= 11 is 0. The second-order valence-electron chi connectivity index (χ2n) is 21.8. The Balaban J connectivity index is 0.772. The van der Waals surface area contributed by atoms with Gasteiger partial charge in [-0.3, -0.25) is 0 Å². The molecule has 0 aliphatic carbocycles. The van der Waals surface area contributed by atoms with Crippen molar-refractivity contribution in [1.29, 1.82) is 0 Å². The molecular formula is C75H42N6O3. The monoisotopic (exact) mass is 1070 g/mol. The second kappa shape index (κ2) is 17.0. The van der Waals surface area contributed by atoms with Crippen molar-refractivity contribution in [3.63, 3.8) is 0 Å². The Hall–Kier alpha value is -11.6. The van der Waals surface area contributed by atoms with Gasteiger partial charge in [0.1, 0.15) is 16.7 Å². The molecule has 0 spiro atoms. The van der Waals surface area contributed by atoms with Gasteiger partial charge in [-0.1, -0.05) is 127 Å². The van der Waals surface area contributed by atoms with Crippen molar-refractivity contribution in [2.75, 3.05) is 0 Å². The van der Waals surface area contributed by atoms with Gasteiger partial charge in [-0.25, -0.2) is 15.0 Å². The second-order valence-corrected chi connectivity index (χ2v) is 21.8. The van der Waals surface area contributed by atoms with Crippen molar-refractivity contribution in [1.82, 2.24) is 28.7 Å². The van der Waals surface area contributed by atoms with Gasteiger partial charge >= 0.3 is 0 Å². The molecule has 390 valence electrons. The molecule has 0 fully saturated rings. The minimum Gasteiger partial charge on any atom is -0.454 e. The van der Waals surface area contributed by atoms with E-state index in [2.05, 4.69) is 232 Å². The molecule has 0 radical (unpaired) electrons. The first-order valence-corrected chi connectivity index (χ1v) is 28.2. The average molecular weight is 1080 g/mol. The molecule has 0 aliphatic rings. The Morgan fingerprint density at radius 1 is 0.214 bits per heavy atom. The van der Waals surface area contributed by atoms with E-state index in [4.69, 9.17) is 28.2 Å². The molecule has 12 aromatic carbocycles. The zero-order valence-corrected chi connectivity index (χ0v) is 44.7. The smallest absolute Gasteiger partial charge is 0.164 e. The van der Waals surface area contributed by atoms with Gasteiger partial charge in [-0.15, -0.1) is 0 Å². The van der Waals surface area contributed by atoms with Gasteiger partial charge in [-0.2, -0.15) is 0 Å². The molecule has 0 unspecified atom stereocenters. The molecule has 0 amide bonds. The fraction of sp³-hybridized carbons (Fsp3) is 0. The van der Waals surface area contributed by atoms with Crippen molar-refractivity contribution in [3.05, 3.63) is 255 Å². The van der Waals surface area contributed by atoms with E-state index in [0.717, 1.165) is 165 Å². The number of benzene rings is 12. The van der Waals surface area contributed by atoms with Crippen molar-refractivity contribution >= 4 is 131 Å². The predicted octanol–water partition coefficient (Wildman–Crippen LogP) is 19.9. The summed E-state index contributed by atoms with van der Waals surface area (Å²) in [6.07, 6.45) is 0. The molecule has 7 aromatic heterocycles. The summed E-state index contributed by atoms with van der Waals surface area (Å²) in [5, 5.41) is 13.4. The first-order chi connectivity index (χ1) is 41.6. The van der Waals surface area contributed by atoms with Gasteiger partial charge in [0.25, 0.3) is 0 Å². The maximum atomic E-state index is 6.69. The number of rotatable bonds is 6. The van der Waals surface area contributed by atoms with Crippen molar-refractivity contribution < 1.29 is 13.3 Å². The lowest BCUT2D eigenvalue weighted by atomic mass is 10.1. The topological polar surface area (TPSA) is 92.9 Å². The van der Waals surface area contributed by atoms with Crippen molar-refractivity contribution in [2.45, 2.75) is 0 Å². The summed E-state index contributed by atoms with van der Waals surface area (Å²) in [5.74, 6) is 1.67. The van der Waals surface area contributed by atoms with E-state index in [9.17, 15) is 0 Å². The van der Waals surface area contributed by atoms with E-state index in [0.29, 0.717) is 17.5 Å². The Kier molecular flexibility index (Phi) is 9.15. The number of furan rings is 3. The first-order valence-electron chi connectivity index (χ1n) is 28.2. The van der Waals surface area contributed by atoms with Crippen molar-refractivity contribution in [2.24, 2.45) is 0 Å². The van der Waals surface area contributed by atoms with Gasteiger partial charge in [-0.05, 0) is 127 Å². The van der Waals surface area contributed by atoms with E-state index in [1.165, 1.54) is 0 Å². The molecule has 9 heteroatoms. The van der Waals surface area contributed by atoms with Crippen LogP contribution in [0.4, 0.5) is 0 Å². The lowest BCUT2D eigenvalue weighted by molar-refractivity contribution is 0.670. The summed E-state index contributed by atoms with van der Waals surface area (Å²) in [5.41, 5.74) is 17.1. The molecule has 0 saturated heterocycles. The number of fused-ring (bicyclic) bond motifs is 21. The first kappa shape index (κ1) is 45.2.